The van der Waals surface area contributed by atoms with Gasteiger partial charge in [-0.15, -0.1) is 5.10 Å². The van der Waals surface area contributed by atoms with Gasteiger partial charge in [0.25, 0.3) is 0 Å². The van der Waals surface area contributed by atoms with Gasteiger partial charge in [-0.25, -0.2) is 4.68 Å². The molecular formula is C9H10N6OS. The van der Waals surface area contributed by atoms with E-state index in [2.05, 4.69) is 15.5 Å². The number of hydrogen-bond donors (Lipinski definition) is 2. The van der Waals surface area contributed by atoms with Gasteiger partial charge in [0.1, 0.15) is 0 Å². The van der Waals surface area contributed by atoms with Crippen molar-refractivity contribution in [2.45, 2.75) is 10.1 Å². The Morgan fingerprint density at radius 2 is 2.24 bits per heavy atom. The van der Waals surface area contributed by atoms with Crippen molar-refractivity contribution in [3.05, 3.63) is 23.8 Å². The first-order valence-corrected chi connectivity index (χ1v) is 5.49. The quantitative estimate of drug-likeness (QED) is 0.744. The van der Waals surface area contributed by atoms with E-state index >= 15 is 0 Å². The lowest BCUT2D eigenvalue weighted by atomic mass is 10.2. The first kappa shape index (κ1) is 11.4. The smallest absolute Gasteiger partial charge is 0.248 e. The Labute approximate surface area is 101 Å². The monoisotopic (exact) mass is 250 g/mol. The van der Waals surface area contributed by atoms with Crippen LogP contribution < -0.4 is 11.5 Å². The number of nitrogens with two attached hydrogens (primary N) is 2. The molecule has 4 N–H and O–H groups in total. The minimum absolute atomic E-state index is 0.400. The van der Waals surface area contributed by atoms with E-state index < -0.39 is 5.91 Å². The molecule has 7 nitrogen and oxygen atoms in total. The fourth-order valence-corrected chi connectivity index (χ4v) is 2.00. The topological polar surface area (TPSA) is 113 Å². The normalized spacial score (nSPS) is 10.4. The number of hydrogen-bond acceptors (Lipinski definition) is 6. The predicted molar refractivity (Wildman–Crippen MR) is 62.3 cm³/mol. The largest absolute Gasteiger partial charge is 0.398 e. The number of benzene rings is 1. The second kappa shape index (κ2) is 4.42. The van der Waals surface area contributed by atoms with Crippen LogP contribution in [0.5, 0.6) is 0 Å². The summed E-state index contributed by atoms with van der Waals surface area (Å²) in [6.07, 6.45) is 0. The molecule has 0 saturated carbocycles. The number of nitrogens with zero attached hydrogens (tertiary/aromatic N) is 4. The number of aryl methyl sites for hydroxylation is 1. The van der Waals surface area contributed by atoms with Crippen LogP contribution in [-0.2, 0) is 7.05 Å². The Hall–Kier alpha value is -2.09. The maximum Gasteiger partial charge on any atom is 0.248 e. The number of nitrogen functional groups attached to an aromatic ring is 1. The molecule has 17 heavy (non-hydrogen) atoms. The average Bonchev–Trinajstić information content (AvgIpc) is 2.67. The fourth-order valence-electron chi connectivity index (χ4n) is 1.18. The Morgan fingerprint density at radius 1 is 1.47 bits per heavy atom. The highest BCUT2D eigenvalue weighted by molar-refractivity contribution is 7.99. The molecule has 0 aliphatic heterocycles. The van der Waals surface area contributed by atoms with E-state index in [4.69, 9.17) is 11.5 Å². The van der Waals surface area contributed by atoms with Crippen LogP contribution >= 0.6 is 11.8 Å². The van der Waals surface area contributed by atoms with Gasteiger partial charge in [-0.05, 0) is 40.4 Å². The Kier molecular flexibility index (Phi) is 2.96. The van der Waals surface area contributed by atoms with Crippen molar-refractivity contribution < 1.29 is 4.79 Å². The second-order valence-electron chi connectivity index (χ2n) is 3.30. The second-order valence-corrected chi connectivity index (χ2v) is 4.31. The molecule has 0 spiro atoms. The van der Waals surface area contributed by atoms with Crippen molar-refractivity contribution in [2.75, 3.05) is 5.73 Å². The number of primary amides is 1. The number of aromatic nitrogens is 4. The highest BCUT2D eigenvalue weighted by atomic mass is 32.2. The number of rotatable bonds is 3. The van der Waals surface area contributed by atoms with Crippen molar-refractivity contribution in [2.24, 2.45) is 12.8 Å². The van der Waals surface area contributed by atoms with E-state index in [0.717, 1.165) is 0 Å². The molecule has 0 radical (unpaired) electrons. The van der Waals surface area contributed by atoms with Crippen LogP contribution in [0.15, 0.2) is 28.3 Å². The van der Waals surface area contributed by atoms with Crippen LogP contribution in [0.3, 0.4) is 0 Å². The molecule has 0 atom stereocenters. The van der Waals surface area contributed by atoms with Gasteiger partial charge in [-0.1, -0.05) is 0 Å². The summed E-state index contributed by atoms with van der Waals surface area (Å²) >= 11 is 1.27. The summed E-state index contributed by atoms with van der Waals surface area (Å²) in [5.41, 5.74) is 12.0. The van der Waals surface area contributed by atoms with Crippen molar-refractivity contribution in [3.63, 3.8) is 0 Å². The average molecular weight is 250 g/mol. The summed E-state index contributed by atoms with van der Waals surface area (Å²) < 4.78 is 1.51. The third kappa shape index (κ3) is 2.36. The molecule has 2 aromatic rings. The predicted octanol–water partition coefficient (Wildman–Crippen LogP) is 0.0424. The zero-order valence-electron chi connectivity index (χ0n) is 8.99. The summed E-state index contributed by atoms with van der Waals surface area (Å²) in [4.78, 5) is 11.8. The highest BCUT2D eigenvalue weighted by Gasteiger charge is 2.10. The van der Waals surface area contributed by atoms with E-state index in [-0.39, 0.29) is 0 Å². The number of tetrazole rings is 1. The molecular weight excluding hydrogens is 240 g/mol. The molecule has 0 fully saturated rings. The molecule has 0 unspecified atom stereocenters. The summed E-state index contributed by atoms with van der Waals surface area (Å²) in [7, 11) is 1.72. The van der Waals surface area contributed by atoms with Crippen molar-refractivity contribution in [3.8, 4) is 0 Å². The summed E-state index contributed by atoms with van der Waals surface area (Å²) in [5, 5.41) is 11.6. The maximum atomic E-state index is 11.1. The summed E-state index contributed by atoms with van der Waals surface area (Å²) in [5.74, 6) is -0.497. The van der Waals surface area contributed by atoms with Crippen molar-refractivity contribution in [1.29, 1.82) is 0 Å². The van der Waals surface area contributed by atoms with Crippen LogP contribution in [0.4, 0.5) is 5.69 Å². The summed E-state index contributed by atoms with van der Waals surface area (Å²) in [6, 6.07) is 4.83. The summed E-state index contributed by atoms with van der Waals surface area (Å²) in [6.45, 7) is 0. The third-order valence-electron chi connectivity index (χ3n) is 2.08. The number of anilines is 1. The minimum Gasteiger partial charge on any atom is -0.398 e. The molecule has 0 aliphatic rings. The van der Waals surface area contributed by atoms with E-state index in [1.807, 2.05) is 0 Å². The van der Waals surface area contributed by atoms with Gasteiger partial charge < -0.3 is 11.5 Å². The molecule has 88 valence electrons. The minimum atomic E-state index is -0.497. The Balaban J connectivity index is 2.35. The van der Waals surface area contributed by atoms with E-state index in [0.29, 0.717) is 21.3 Å². The van der Waals surface area contributed by atoms with E-state index in [1.54, 1.807) is 25.2 Å². The molecule has 0 saturated heterocycles. The SMILES string of the molecule is Cn1nnnc1Sc1cc(C(N)=O)ccc1N. The lowest BCUT2D eigenvalue weighted by Gasteiger charge is -2.05. The molecule has 0 bridgehead atoms. The Morgan fingerprint density at radius 3 is 2.82 bits per heavy atom. The molecule has 1 aromatic heterocycles. The molecule has 1 heterocycles. The van der Waals surface area contributed by atoms with E-state index in [1.165, 1.54) is 16.4 Å². The first-order chi connectivity index (χ1) is 8.08. The van der Waals surface area contributed by atoms with Crippen LogP contribution in [-0.4, -0.2) is 26.1 Å². The van der Waals surface area contributed by atoms with Gasteiger partial charge in [-0.3, -0.25) is 4.79 Å². The van der Waals surface area contributed by atoms with Gasteiger partial charge in [-0.2, -0.15) is 0 Å². The highest BCUT2D eigenvalue weighted by Crippen LogP contribution is 2.30. The lowest BCUT2D eigenvalue weighted by molar-refractivity contribution is 0.1000. The fraction of sp³-hybridized carbons (Fsp3) is 0.111. The van der Waals surface area contributed by atoms with Crippen LogP contribution in [0, 0.1) is 0 Å². The van der Waals surface area contributed by atoms with Crippen molar-refractivity contribution in [1.82, 2.24) is 20.2 Å². The molecule has 1 amide bonds. The van der Waals surface area contributed by atoms with Gasteiger partial charge in [0.05, 0.1) is 0 Å². The first-order valence-electron chi connectivity index (χ1n) is 4.67. The van der Waals surface area contributed by atoms with Crippen LogP contribution in [0.1, 0.15) is 10.4 Å². The number of amides is 1. The number of carbonyl (C=O) groups is 1. The standard InChI is InChI=1S/C9H10N6OS/c1-15-9(12-13-14-15)17-7-4-5(8(11)16)2-3-6(7)10/h2-4H,10H2,1H3,(H2,11,16). The van der Waals surface area contributed by atoms with Gasteiger partial charge in [0, 0.05) is 23.2 Å². The van der Waals surface area contributed by atoms with Gasteiger partial charge in [0.2, 0.25) is 11.1 Å². The van der Waals surface area contributed by atoms with Crippen LogP contribution in [0.2, 0.25) is 0 Å². The number of carbonyl (C=O) groups excluding carboxylic acids is 1. The Bertz CT molecular complexity index is 566. The maximum absolute atomic E-state index is 11.1. The zero-order valence-corrected chi connectivity index (χ0v) is 9.81. The molecule has 1 aromatic carbocycles. The molecule has 8 heteroatoms. The van der Waals surface area contributed by atoms with Gasteiger partial charge in [0.15, 0.2) is 0 Å². The lowest BCUT2D eigenvalue weighted by Crippen LogP contribution is -2.11. The van der Waals surface area contributed by atoms with Crippen LogP contribution in [0.25, 0.3) is 0 Å². The third-order valence-corrected chi connectivity index (χ3v) is 3.18. The molecule has 2 rings (SSSR count). The van der Waals surface area contributed by atoms with Crippen molar-refractivity contribution >= 4 is 23.4 Å². The van der Waals surface area contributed by atoms with E-state index in [9.17, 15) is 4.79 Å². The van der Waals surface area contributed by atoms with Gasteiger partial charge >= 0.3 is 0 Å². The zero-order chi connectivity index (χ0) is 12.4. The molecule has 0 aliphatic carbocycles.